The van der Waals surface area contributed by atoms with Crippen LogP contribution in [0.1, 0.15) is 37.5 Å². The van der Waals surface area contributed by atoms with Gasteiger partial charge in [-0.25, -0.2) is 0 Å². The second-order valence-electron chi connectivity index (χ2n) is 6.87. The molecule has 0 bridgehead atoms. The van der Waals surface area contributed by atoms with Crippen LogP contribution < -0.4 is 20.3 Å². The summed E-state index contributed by atoms with van der Waals surface area (Å²) in [5.41, 5.74) is 9.91. The first-order valence-corrected chi connectivity index (χ1v) is 9.04. The lowest BCUT2D eigenvalue weighted by Gasteiger charge is -2.18. The van der Waals surface area contributed by atoms with Gasteiger partial charge in [-0.1, -0.05) is 6.07 Å². The maximum atomic E-state index is 12.5. The molecule has 0 saturated heterocycles. The molecule has 0 saturated carbocycles. The molecule has 0 atom stereocenters. The van der Waals surface area contributed by atoms with Crippen LogP contribution in [-0.2, 0) is 0 Å². The van der Waals surface area contributed by atoms with Crippen molar-refractivity contribution in [1.82, 2.24) is 15.8 Å². The van der Waals surface area contributed by atoms with Gasteiger partial charge < -0.3 is 14.5 Å². The lowest BCUT2D eigenvalue weighted by Crippen LogP contribution is -2.41. The fourth-order valence-electron chi connectivity index (χ4n) is 3.33. The molecule has 28 heavy (non-hydrogen) atoms. The average Bonchev–Trinajstić information content (AvgIpc) is 3.16. The topological polar surface area (TPSA) is 92.5 Å². The van der Waals surface area contributed by atoms with Crippen LogP contribution in [0.4, 0.5) is 0 Å². The minimum atomic E-state index is -0.440. The fraction of sp³-hybridized carbons (Fsp3) is 0.238. The molecule has 0 unspecified atom stereocenters. The first-order chi connectivity index (χ1) is 13.4. The van der Waals surface area contributed by atoms with Gasteiger partial charge in [0.05, 0.1) is 0 Å². The molecular formula is C21H21N3O4. The molecule has 0 spiro atoms. The molecule has 7 heteroatoms. The zero-order valence-corrected chi connectivity index (χ0v) is 15.9. The number of carbonyl (C=O) groups is 2. The average molecular weight is 379 g/mol. The monoisotopic (exact) mass is 379 g/mol. The van der Waals surface area contributed by atoms with E-state index >= 15 is 0 Å². The highest BCUT2D eigenvalue weighted by atomic mass is 16.6. The number of benzene rings is 2. The SMILES string of the molecule is Cc1cc(C)c2cc(C(=O)NNC(=O)c3ccc4c(c3)OCCO4)[nH]c2c1C. The minimum Gasteiger partial charge on any atom is -0.486 e. The number of H-pyrrole nitrogens is 1. The van der Waals surface area contributed by atoms with Gasteiger partial charge in [-0.3, -0.25) is 20.4 Å². The Morgan fingerprint density at radius 1 is 0.893 bits per heavy atom. The van der Waals surface area contributed by atoms with Gasteiger partial charge in [-0.2, -0.15) is 0 Å². The van der Waals surface area contributed by atoms with Crippen molar-refractivity contribution in [3.05, 3.63) is 58.3 Å². The van der Waals surface area contributed by atoms with Gasteiger partial charge in [-0.05, 0) is 61.7 Å². The number of rotatable bonds is 2. The number of aromatic amines is 1. The molecule has 3 N–H and O–H groups in total. The molecule has 7 nitrogen and oxygen atoms in total. The molecule has 1 aromatic heterocycles. The first-order valence-electron chi connectivity index (χ1n) is 9.04. The van der Waals surface area contributed by atoms with Gasteiger partial charge in [0.2, 0.25) is 0 Å². The predicted molar refractivity (Wildman–Crippen MR) is 105 cm³/mol. The van der Waals surface area contributed by atoms with E-state index in [2.05, 4.69) is 21.9 Å². The van der Waals surface area contributed by atoms with Gasteiger partial charge in [0.25, 0.3) is 11.8 Å². The van der Waals surface area contributed by atoms with E-state index in [4.69, 9.17) is 9.47 Å². The van der Waals surface area contributed by atoms with E-state index in [9.17, 15) is 9.59 Å². The second-order valence-corrected chi connectivity index (χ2v) is 6.87. The number of hydrogen-bond donors (Lipinski definition) is 3. The summed E-state index contributed by atoms with van der Waals surface area (Å²) in [6, 6.07) is 8.78. The normalized spacial score (nSPS) is 12.7. The van der Waals surface area contributed by atoms with Gasteiger partial charge in [-0.15, -0.1) is 0 Å². The molecular weight excluding hydrogens is 358 g/mol. The Labute approximate surface area is 162 Å². The Morgan fingerprint density at radius 2 is 1.61 bits per heavy atom. The number of hydrazine groups is 1. The smallest absolute Gasteiger partial charge is 0.286 e. The third-order valence-electron chi connectivity index (χ3n) is 4.98. The fourth-order valence-corrected chi connectivity index (χ4v) is 3.33. The van der Waals surface area contributed by atoms with Crippen molar-refractivity contribution in [2.45, 2.75) is 20.8 Å². The number of nitrogens with one attached hydrogen (secondary N) is 3. The van der Waals surface area contributed by atoms with Crippen molar-refractivity contribution >= 4 is 22.7 Å². The van der Waals surface area contributed by atoms with Crippen LogP contribution in [0.3, 0.4) is 0 Å². The number of amides is 2. The Morgan fingerprint density at radius 3 is 2.39 bits per heavy atom. The molecule has 1 aliphatic heterocycles. The van der Waals surface area contributed by atoms with Crippen molar-refractivity contribution < 1.29 is 19.1 Å². The van der Waals surface area contributed by atoms with E-state index in [1.54, 1.807) is 24.3 Å². The number of aryl methyl sites for hydroxylation is 3. The molecule has 0 fully saturated rings. The molecule has 2 heterocycles. The molecule has 1 aliphatic rings. The van der Waals surface area contributed by atoms with Gasteiger partial charge in [0.1, 0.15) is 18.9 Å². The molecule has 0 radical (unpaired) electrons. The maximum absolute atomic E-state index is 12.5. The maximum Gasteiger partial charge on any atom is 0.286 e. The van der Waals surface area contributed by atoms with Crippen molar-refractivity contribution in [3.63, 3.8) is 0 Å². The Kier molecular flexibility index (Phi) is 4.43. The van der Waals surface area contributed by atoms with E-state index in [-0.39, 0.29) is 0 Å². The molecule has 4 rings (SSSR count). The van der Waals surface area contributed by atoms with Crippen LogP contribution in [0.15, 0.2) is 30.3 Å². The lowest BCUT2D eigenvalue weighted by molar-refractivity contribution is 0.0844. The second kappa shape index (κ2) is 6.92. The first kappa shape index (κ1) is 17.9. The van der Waals surface area contributed by atoms with Crippen LogP contribution >= 0.6 is 0 Å². The van der Waals surface area contributed by atoms with E-state index < -0.39 is 11.8 Å². The quantitative estimate of drug-likeness (QED) is 0.597. The molecule has 0 aliphatic carbocycles. The predicted octanol–water partition coefficient (Wildman–Crippen LogP) is 2.94. The number of aromatic nitrogens is 1. The Hall–Kier alpha value is -3.48. The number of ether oxygens (including phenoxy) is 2. The summed E-state index contributed by atoms with van der Waals surface area (Å²) >= 11 is 0. The summed E-state index contributed by atoms with van der Waals surface area (Å²) in [5.74, 6) is 0.260. The van der Waals surface area contributed by atoms with Gasteiger partial charge in [0, 0.05) is 16.5 Å². The summed E-state index contributed by atoms with van der Waals surface area (Å²) in [6.45, 7) is 6.98. The molecule has 2 amide bonds. The highest BCUT2D eigenvalue weighted by molar-refractivity contribution is 6.02. The van der Waals surface area contributed by atoms with Crippen LogP contribution in [0.25, 0.3) is 10.9 Å². The third-order valence-corrected chi connectivity index (χ3v) is 4.98. The molecule has 144 valence electrons. The number of fused-ring (bicyclic) bond motifs is 2. The van der Waals surface area contributed by atoms with Crippen LogP contribution in [-0.4, -0.2) is 30.0 Å². The summed E-state index contributed by atoms with van der Waals surface area (Å²) in [6.07, 6.45) is 0. The van der Waals surface area contributed by atoms with Crippen molar-refractivity contribution in [1.29, 1.82) is 0 Å². The summed E-state index contributed by atoms with van der Waals surface area (Å²) < 4.78 is 10.9. The van der Waals surface area contributed by atoms with Crippen molar-refractivity contribution in [3.8, 4) is 11.5 Å². The van der Waals surface area contributed by atoms with Crippen molar-refractivity contribution in [2.75, 3.05) is 13.2 Å². The van der Waals surface area contributed by atoms with Gasteiger partial charge in [0.15, 0.2) is 11.5 Å². The summed E-state index contributed by atoms with van der Waals surface area (Å²) in [7, 11) is 0. The third kappa shape index (κ3) is 3.15. The standard InChI is InChI=1S/C21H21N3O4/c1-11-8-12(2)15-10-16(22-19(15)13(11)3)21(26)24-23-20(25)14-4-5-17-18(9-14)28-7-6-27-17/h4-5,8-10,22H,6-7H2,1-3H3,(H,23,25)(H,24,26). The van der Waals surface area contributed by atoms with E-state index in [0.717, 1.165) is 27.6 Å². The highest BCUT2D eigenvalue weighted by Crippen LogP contribution is 2.30. The van der Waals surface area contributed by atoms with Crippen LogP contribution in [0.5, 0.6) is 11.5 Å². The zero-order valence-electron chi connectivity index (χ0n) is 15.9. The largest absolute Gasteiger partial charge is 0.486 e. The Balaban J connectivity index is 1.48. The molecule has 3 aromatic rings. The number of carbonyl (C=O) groups excluding carboxylic acids is 2. The zero-order chi connectivity index (χ0) is 19.8. The summed E-state index contributed by atoms with van der Waals surface area (Å²) in [5, 5.41) is 0.992. The summed E-state index contributed by atoms with van der Waals surface area (Å²) in [4.78, 5) is 28.0. The van der Waals surface area contributed by atoms with E-state index in [0.29, 0.717) is 36.0 Å². The van der Waals surface area contributed by atoms with E-state index in [1.165, 1.54) is 0 Å². The highest BCUT2D eigenvalue weighted by Gasteiger charge is 2.17. The minimum absolute atomic E-state index is 0.364. The van der Waals surface area contributed by atoms with Crippen LogP contribution in [0, 0.1) is 20.8 Å². The van der Waals surface area contributed by atoms with Crippen LogP contribution in [0.2, 0.25) is 0 Å². The van der Waals surface area contributed by atoms with Gasteiger partial charge >= 0.3 is 0 Å². The molecule has 2 aromatic carbocycles. The lowest BCUT2D eigenvalue weighted by atomic mass is 10.0. The Bertz CT molecular complexity index is 1100. The number of hydrogen-bond acceptors (Lipinski definition) is 4. The van der Waals surface area contributed by atoms with E-state index in [1.807, 2.05) is 20.8 Å². The van der Waals surface area contributed by atoms with Crippen molar-refractivity contribution in [2.24, 2.45) is 0 Å².